The predicted molar refractivity (Wildman–Crippen MR) is 38.9 cm³/mol. The van der Waals surface area contributed by atoms with Crippen LogP contribution in [-0.2, 0) is 64.9 Å². The van der Waals surface area contributed by atoms with Crippen molar-refractivity contribution in [1.29, 1.82) is 0 Å². The Morgan fingerprint density at radius 1 is 1.50 bits per heavy atom. The number of benzene rings is 1. The first-order chi connectivity index (χ1) is 4.30. The largest absolute Gasteiger partial charge is 0.779 e. The predicted octanol–water partition coefficient (Wildman–Crippen LogP) is 1.17. The number of rotatable bonds is 1. The van der Waals surface area contributed by atoms with Gasteiger partial charge in [0.05, 0.1) is 0 Å². The minimum Gasteiger partial charge on any atom is -0.779 e. The molecule has 0 aliphatic carbocycles. The van der Waals surface area contributed by atoms with Gasteiger partial charge in [-0.3, -0.25) is 4.21 Å². The average Bonchev–Trinajstić information content (AvgIpc) is 1.90. The first-order valence-electron chi connectivity index (χ1n) is 2.36. The van der Waals surface area contributed by atoms with E-state index in [1.165, 1.54) is 12.1 Å². The van der Waals surface area contributed by atoms with Gasteiger partial charge in [-0.1, -0.05) is 16.0 Å². The Kier molecular flexibility index (Phi) is 16.0. The van der Waals surface area contributed by atoms with Crippen LogP contribution in [0.1, 0.15) is 0 Å². The normalized spacial score (nSPS) is 9.75. The van der Waals surface area contributed by atoms with Crippen molar-refractivity contribution in [2.24, 2.45) is 0 Å². The van der Waals surface area contributed by atoms with E-state index in [1.807, 2.05) is 0 Å². The van der Waals surface area contributed by atoms with E-state index < -0.39 is 11.1 Å². The van der Waals surface area contributed by atoms with Crippen LogP contribution in [0.5, 0.6) is 0 Å². The Hall–Kier alpha value is 1.12. The molecule has 1 rings (SSSR count). The molecule has 0 N–H and O–H groups in total. The Morgan fingerprint density at radius 3 is 2.33 bits per heavy atom. The van der Waals surface area contributed by atoms with Gasteiger partial charge in [0.2, 0.25) is 0 Å². The summed E-state index contributed by atoms with van der Waals surface area (Å²) in [5.41, 5.74) is 0. The van der Waals surface area contributed by atoms with Crippen LogP contribution in [0.4, 0.5) is 0 Å². The van der Waals surface area contributed by atoms with Crippen LogP contribution < -0.4 is 0 Å². The molecule has 0 saturated heterocycles. The molecule has 1 aromatic rings. The summed E-state index contributed by atoms with van der Waals surface area (Å²) in [6.07, 6.45) is 0. The molecule has 5 heteroatoms. The van der Waals surface area contributed by atoms with Gasteiger partial charge >= 0.3 is 0 Å². The third-order valence-electron chi connectivity index (χ3n) is 0.871. The Morgan fingerprint density at radius 2 is 2.08 bits per heavy atom. The van der Waals surface area contributed by atoms with Gasteiger partial charge < -0.3 is 12.0 Å². The molecule has 0 amide bonds. The van der Waals surface area contributed by atoms with Gasteiger partial charge in [0.25, 0.3) is 0 Å². The van der Waals surface area contributed by atoms with Crippen molar-refractivity contribution < 1.29 is 62.5 Å². The summed E-state index contributed by atoms with van der Waals surface area (Å²) in [4.78, 5) is 0.275. The van der Waals surface area contributed by atoms with Gasteiger partial charge in [0.15, 0.2) is 0 Å². The van der Waals surface area contributed by atoms with Crippen LogP contribution in [0.15, 0.2) is 29.2 Å². The molecular weight excluding hydrogens is 421 g/mol. The standard InChI is InChI=1S/C6H5O2S.CH3.W.Y/c7-9(8)6-4-2-1-3-5-6;;;/h1-2,4-5H,(H,7,8);1H3;;/q2*-1;;/p-1. The zero-order chi connectivity index (χ0) is 6.69. The Labute approximate surface area is 115 Å². The van der Waals surface area contributed by atoms with Crippen molar-refractivity contribution >= 4 is 11.1 Å². The van der Waals surface area contributed by atoms with Crippen LogP contribution >= 0.6 is 0 Å². The van der Waals surface area contributed by atoms with Gasteiger partial charge in [-0.05, 0) is 0 Å². The first kappa shape index (κ1) is 18.8. The molecule has 0 fully saturated rings. The third-order valence-corrected chi connectivity index (χ3v) is 1.51. The summed E-state index contributed by atoms with van der Waals surface area (Å²) < 4.78 is 20.4. The fourth-order valence-electron chi connectivity index (χ4n) is 0.481. The molecule has 0 saturated carbocycles. The molecule has 1 atom stereocenters. The molecule has 0 aromatic heterocycles. The first-order valence-corrected chi connectivity index (χ1v) is 3.43. The van der Waals surface area contributed by atoms with Crippen LogP contribution in [-0.4, -0.2) is 8.76 Å². The summed E-state index contributed by atoms with van der Waals surface area (Å²) in [7, 11) is 0. The SMILES string of the molecule is O=S([O-])c1c[c-]ccc1.[CH3-].[W].[Y]. The molecule has 0 spiro atoms. The molecular formula is C7H7O2SWY-3. The number of hydrogen-bond acceptors (Lipinski definition) is 2. The van der Waals surface area contributed by atoms with Crippen molar-refractivity contribution in [2.75, 3.05) is 0 Å². The van der Waals surface area contributed by atoms with Crippen LogP contribution in [0.25, 0.3) is 0 Å². The quantitative estimate of drug-likeness (QED) is 0.498. The van der Waals surface area contributed by atoms with Crippen LogP contribution in [0, 0.1) is 13.5 Å². The molecule has 0 bridgehead atoms. The molecule has 2 nitrogen and oxygen atoms in total. The fourth-order valence-corrected chi connectivity index (χ4v) is 0.834. The topological polar surface area (TPSA) is 40.1 Å². The van der Waals surface area contributed by atoms with Crippen LogP contribution in [0.2, 0.25) is 0 Å². The smallest absolute Gasteiger partial charge is 0 e. The average molecular weight is 428 g/mol. The number of hydrogen-bond donors (Lipinski definition) is 0. The van der Waals surface area contributed by atoms with E-state index in [2.05, 4.69) is 6.07 Å². The Bertz CT molecular complexity index is 218. The maximum absolute atomic E-state index is 10.2. The van der Waals surface area contributed by atoms with Gasteiger partial charge in [-0.2, -0.15) is 30.3 Å². The van der Waals surface area contributed by atoms with Gasteiger partial charge in [-0.25, -0.2) is 0 Å². The molecule has 0 aliphatic rings. The van der Waals surface area contributed by atoms with E-state index >= 15 is 0 Å². The Balaban J connectivity index is -0.000000270. The molecule has 1 aromatic carbocycles. The third kappa shape index (κ3) is 6.62. The van der Waals surface area contributed by atoms with E-state index in [9.17, 15) is 8.76 Å². The molecule has 1 unspecified atom stereocenters. The molecule has 0 heterocycles. The van der Waals surface area contributed by atoms with E-state index in [0.29, 0.717) is 0 Å². The zero-order valence-corrected chi connectivity index (χ0v) is 13.1. The summed E-state index contributed by atoms with van der Waals surface area (Å²) in [6.45, 7) is 0. The van der Waals surface area contributed by atoms with E-state index in [-0.39, 0.29) is 66.1 Å². The van der Waals surface area contributed by atoms with E-state index in [4.69, 9.17) is 0 Å². The maximum atomic E-state index is 10.2. The van der Waals surface area contributed by atoms with Crippen molar-refractivity contribution in [3.05, 3.63) is 37.8 Å². The monoisotopic (exact) mass is 428 g/mol. The fraction of sp³-hybridized carbons (Fsp3) is 0. The second kappa shape index (κ2) is 10.2. The van der Waals surface area contributed by atoms with Crippen molar-refractivity contribution in [3.8, 4) is 0 Å². The molecule has 65 valence electrons. The van der Waals surface area contributed by atoms with Crippen molar-refractivity contribution in [1.82, 2.24) is 0 Å². The second-order valence-corrected chi connectivity index (χ2v) is 2.41. The summed E-state index contributed by atoms with van der Waals surface area (Å²) in [6, 6.07) is 8.86. The zero-order valence-electron chi connectivity index (χ0n) is 6.52. The summed E-state index contributed by atoms with van der Waals surface area (Å²) in [5, 5.41) is 0. The molecule has 12 heavy (non-hydrogen) atoms. The van der Waals surface area contributed by atoms with Crippen molar-refractivity contribution in [3.63, 3.8) is 0 Å². The molecule has 0 aliphatic heterocycles. The van der Waals surface area contributed by atoms with E-state index in [0.717, 1.165) is 0 Å². The second-order valence-electron chi connectivity index (χ2n) is 1.47. The maximum Gasteiger partial charge on any atom is 0 e. The van der Waals surface area contributed by atoms with Crippen LogP contribution in [0.3, 0.4) is 0 Å². The van der Waals surface area contributed by atoms with Gasteiger partial charge in [0, 0.05) is 53.8 Å². The molecule has 1 radical (unpaired) electrons. The summed E-state index contributed by atoms with van der Waals surface area (Å²) in [5.74, 6) is 0. The van der Waals surface area contributed by atoms with Gasteiger partial charge in [0.1, 0.15) is 0 Å². The summed E-state index contributed by atoms with van der Waals surface area (Å²) >= 11 is -2.11. The van der Waals surface area contributed by atoms with Gasteiger partial charge in [-0.15, -0.1) is 0 Å². The van der Waals surface area contributed by atoms with Crippen molar-refractivity contribution in [2.45, 2.75) is 4.90 Å². The minimum atomic E-state index is -2.11. The van der Waals surface area contributed by atoms with E-state index in [1.54, 1.807) is 12.1 Å². The minimum absolute atomic E-state index is 0.